The van der Waals surface area contributed by atoms with Crippen molar-refractivity contribution < 1.29 is 27.8 Å². The van der Waals surface area contributed by atoms with Crippen LogP contribution in [0.1, 0.15) is 22.0 Å². The zero-order valence-electron chi connectivity index (χ0n) is 11.4. The summed E-state index contributed by atoms with van der Waals surface area (Å²) in [4.78, 5) is 11.4. The predicted octanol–water partition coefficient (Wildman–Crippen LogP) is -0.119. The van der Waals surface area contributed by atoms with Crippen LogP contribution in [0.25, 0.3) is 0 Å². The number of carbonyl (C=O) groups excluding carboxylic acids is 1. The summed E-state index contributed by atoms with van der Waals surface area (Å²) in [6.45, 7) is 0. The van der Waals surface area contributed by atoms with Crippen LogP contribution in [0, 0.1) is 0 Å². The van der Waals surface area contributed by atoms with Crippen LogP contribution in [0.15, 0.2) is 12.1 Å². The van der Waals surface area contributed by atoms with Gasteiger partial charge in [0.1, 0.15) is 26.9 Å². The summed E-state index contributed by atoms with van der Waals surface area (Å²) in [5.74, 6) is -0.975. The number of ether oxygens (including phenoxy) is 2. The molecule has 0 heterocycles. The molecule has 0 aromatic heterocycles. The molecular weight excluding hydrogens is 286 g/mol. The Balaban J connectivity index is 3.34. The van der Waals surface area contributed by atoms with Crippen molar-refractivity contribution in [2.45, 2.75) is 6.10 Å². The third-order valence-electron chi connectivity index (χ3n) is 2.62. The Morgan fingerprint density at radius 1 is 1.30 bits per heavy atom. The third kappa shape index (κ3) is 3.84. The van der Waals surface area contributed by atoms with Crippen LogP contribution in [0.5, 0.6) is 11.5 Å². The first-order valence-corrected chi connectivity index (χ1v) is 7.67. The van der Waals surface area contributed by atoms with Gasteiger partial charge in [-0.15, -0.1) is 0 Å². The molecule has 1 atom stereocenters. The molecule has 1 rings (SSSR count). The molecule has 0 aliphatic rings. The van der Waals surface area contributed by atoms with Crippen molar-refractivity contribution in [1.29, 1.82) is 0 Å². The number of primary amides is 1. The number of rotatable bonds is 6. The smallest absolute Gasteiger partial charge is 0.256 e. The van der Waals surface area contributed by atoms with E-state index < -0.39 is 27.6 Å². The number of amides is 1. The summed E-state index contributed by atoms with van der Waals surface area (Å²) in [5, 5.41) is 9.92. The van der Waals surface area contributed by atoms with Gasteiger partial charge in [-0.1, -0.05) is 0 Å². The number of aliphatic hydroxyl groups is 1. The SMILES string of the molecule is COc1cc(C(O)CS(C)(=O)=O)cc(OC)c1C(N)=O. The summed E-state index contributed by atoms with van der Waals surface area (Å²) in [6, 6.07) is 2.72. The summed E-state index contributed by atoms with van der Waals surface area (Å²) in [7, 11) is -0.706. The predicted molar refractivity (Wildman–Crippen MR) is 72.7 cm³/mol. The van der Waals surface area contributed by atoms with Crippen LogP contribution in [0.4, 0.5) is 0 Å². The van der Waals surface area contributed by atoms with E-state index in [1.807, 2.05) is 0 Å². The van der Waals surface area contributed by atoms with Crippen LogP contribution >= 0.6 is 0 Å². The van der Waals surface area contributed by atoms with Crippen LogP contribution in [0.2, 0.25) is 0 Å². The maximum absolute atomic E-state index is 11.4. The lowest BCUT2D eigenvalue weighted by atomic mass is 10.0. The van der Waals surface area contributed by atoms with Gasteiger partial charge in [-0.2, -0.15) is 0 Å². The number of methoxy groups -OCH3 is 2. The van der Waals surface area contributed by atoms with Crippen LogP contribution in [-0.4, -0.2) is 45.7 Å². The minimum absolute atomic E-state index is 0.0327. The highest BCUT2D eigenvalue weighted by Crippen LogP contribution is 2.32. The Labute approximate surface area is 117 Å². The fourth-order valence-electron chi connectivity index (χ4n) is 1.75. The Kier molecular flexibility index (Phi) is 4.96. The summed E-state index contributed by atoms with van der Waals surface area (Å²) in [6.07, 6.45) is -0.239. The molecule has 0 fully saturated rings. The van der Waals surface area contributed by atoms with E-state index in [-0.39, 0.29) is 22.6 Å². The molecule has 1 aromatic carbocycles. The minimum Gasteiger partial charge on any atom is -0.496 e. The van der Waals surface area contributed by atoms with Gasteiger partial charge in [-0.25, -0.2) is 8.42 Å². The highest BCUT2D eigenvalue weighted by molar-refractivity contribution is 7.90. The number of carbonyl (C=O) groups is 1. The van der Waals surface area contributed by atoms with Crippen LogP contribution < -0.4 is 15.2 Å². The molecule has 0 saturated heterocycles. The zero-order chi connectivity index (χ0) is 15.5. The first kappa shape index (κ1) is 16.3. The molecule has 1 unspecified atom stereocenters. The number of benzene rings is 1. The molecule has 8 heteroatoms. The van der Waals surface area contributed by atoms with Gasteiger partial charge in [0, 0.05) is 6.26 Å². The van der Waals surface area contributed by atoms with Gasteiger partial charge in [0.15, 0.2) is 0 Å². The fourth-order valence-corrected chi connectivity index (χ4v) is 2.52. The lowest BCUT2D eigenvalue weighted by Crippen LogP contribution is -2.16. The van der Waals surface area contributed by atoms with E-state index in [9.17, 15) is 18.3 Å². The van der Waals surface area contributed by atoms with E-state index in [2.05, 4.69) is 0 Å². The molecule has 7 nitrogen and oxygen atoms in total. The first-order valence-electron chi connectivity index (χ1n) is 5.61. The number of hydrogen-bond donors (Lipinski definition) is 2. The van der Waals surface area contributed by atoms with Crippen molar-refractivity contribution in [3.63, 3.8) is 0 Å². The molecule has 20 heavy (non-hydrogen) atoms. The second-order valence-corrected chi connectivity index (χ2v) is 6.46. The largest absolute Gasteiger partial charge is 0.496 e. The number of sulfone groups is 1. The van der Waals surface area contributed by atoms with Crippen molar-refractivity contribution in [2.24, 2.45) is 5.73 Å². The third-order valence-corrected chi connectivity index (χ3v) is 3.54. The molecule has 0 spiro atoms. The molecule has 112 valence electrons. The topological polar surface area (TPSA) is 116 Å². The van der Waals surface area contributed by atoms with Gasteiger partial charge in [-0.3, -0.25) is 4.79 Å². The lowest BCUT2D eigenvalue weighted by molar-refractivity contribution is 0.0994. The minimum atomic E-state index is -3.36. The summed E-state index contributed by atoms with van der Waals surface area (Å²) >= 11 is 0. The Hall–Kier alpha value is -1.80. The lowest BCUT2D eigenvalue weighted by Gasteiger charge is -2.16. The Bertz CT molecular complexity index is 585. The number of aliphatic hydroxyl groups excluding tert-OH is 1. The van der Waals surface area contributed by atoms with Gasteiger partial charge in [0.05, 0.1) is 26.1 Å². The van der Waals surface area contributed by atoms with E-state index in [4.69, 9.17) is 15.2 Å². The molecule has 3 N–H and O–H groups in total. The van der Waals surface area contributed by atoms with Gasteiger partial charge in [-0.05, 0) is 17.7 Å². The van der Waals surface area contributed by atoms with Crippen molar-refractivity contribution >= 4 is 15.7 Å². The maximum Gasteiger partial charge on any atom is 0.256 e. The van der Waals surface area contributed by atoms with Crippen molar-refractivity contribution in [3.05, 3.63) is 23.3 Å². The van der Waals surface area contributed by atoms with E-state index in [1.165, 1.54) is 26.4 Å². The molecule has 0 aliphatic carbocycles. The quantitative estimate of drug-likeness (QED) is 0.757. The maximum atomic E-state index is 11.4. The molecule has 0 radical (unpaired) electrons. The Morgan fingerprint density at radius 3 is 2.05 bits per heavy atom. The van der Waals surface area contributed by atoms with Crippen LogP contribution in [0.3, 0.4) is 0 Å². The molecule has 0 saturated carbocycles. The van der Waals surface area contributed by atoms with Gasteiger partial charge in [0.25, 0.3) is 5.91 Å². The van der Waals surface area contributed by atoms with E-state index in [1.54, 1.807) is 0 Å². The van der Waals surface area contributed by atoms with E-state index >= 15 is 0 Å². The normalized spacial score (nSPS) is 12.8. The average Bonchev–Trinajstić information content (AvgIpc) is 2.34. The average molecular weight is 303 g/mol. The number of nitrogens with two attached hydrogens (primary N) is 1. The summed E-state index contributed by atoms with van der Waals surface area (Å²) in [5.41, 5.74) is 5.53. The fraction of sp³-hybridized carbons (Fsp3) is 0.417. The van der Waals surface area contributed by atoms with Crippen molar-refractivity contribution in [3.8, 4) is 11.5 Å². The molecule has 1 amide bonds. The van der Waals surface area contributed by atoms with E-state index in [0.29, 0.717) is 0 Å². The first-order chi connectivity index (χ1) is 9.19. The highest BCUT2D eigenvalue weighted by Gasteiger charge is 2.22. The monoisotopic (exact) mass is 303 g/mol. The number of hydrogen-bond acceptors (Lipinski definition) is 6. The van der Waals surface area contributed by atoms with Crippen LogP contribution in [-0.2, 0) is 9.84 Å². The van der Waals surface area contributed by atoms with Crippen molar-refractivity contribution in [1.82, 2.24) is 0 Å². The highest BCUT2D eigenvalue weighted by atomic mass is 32.2. The second kappa shape index (κ2) is 6.10. The standard InChI is InChI=1S/C12H17NO6S/c1-18-9-4-7(8(14)6-20(3,16)17)5-10(19-2)11(9)12(13)15/h4-5,8,14H,6H2,1-3H3,(H2,13,15). The molecule has 0 aliphatic heterocycles. The van der Waals surface area contributed by atoms with Gasteiger partial charge < -0.3 is 20.3 Å². The van der Waals surface area contributed by atoms with Gasteiger partial charge >= 0.3 is 0 Å². The molecule has 0 bridgehead atoms. The molecular formula is C12H17NO6S. The second-order valence-electron chi connectivity index (χ2n) is 4.27. The summed E-state index contributed by atoms with van der Waals surface area (Å²) < 4.78 is 32.5. The zero-order valence-corrected chi connectivity index (χ0v) is 12.2. The van der Waals surface area contributed by atoms with Crippen molar-refractivity contribution in [2.75, 3.05) is 26.2 Å². The molecule has 1 aromatic rings. The van der Waals surface area contributed by atoms with E-state index in [0.717, 1.165) is 6.26 Å². The Morgan fingerprint density at radius 2 is 1.75 bits per heavy atom. The van der Waals surface area contributed by atoms with Gasteiger partial charge in [0.2, 0.25) is 0 Å².